The van der Waals surface area contributed by atoms with E-state index in [0.717, 1.165) is 38.8 Å². The summed E-state index contributed by atoms with van der Waals surface area (Å²) in [6.45, 7) is 2.16. The van der Waals surface area contributed by atoms with Gasteiger partial charge in [0.25, 0.3) is 5.91 Å². The lowest BCUT2D eigenvalue weighted by Crippen LogP contribution is -2.42. The number of hydrogen-bond donors (Lipinski definition) is 0. The van der Waals surface area contributed by atoms with E-state index in [0.29, 0.717) is 6.61 Å². The van der Waals surface area contributed by atoms with Gasteiger partial charge in [0.15, 0.2) is 0 Å². The zero-order valence-electron chi connectivity index (χ0n) is 9.84. The van der Waals surface area contributed by atoms with Gasteiger partial charge in [0.2, 0.25) is 0 Å². The van der Waals surface area contributed by atoms with Crippen LogP contribution in [0.1, 0.15) is 25.0 Å². The first-order chi connectivity index (χ1) is 8.34. The topological polar surface area (TPSA) is 47.4 Å². The van der Waals surface area contributed by atoms with Crippen molar-refractivity contribution in [1.82, 2.24) is 14.6 Å². The van der Waals surface area contributed by atoms with Gasteiger partial charge in [-0.05, 0) is 25.7 Å². The molecule has 1 aromatic rings. The highest BCUT2D eigenvalue weighted by atomic mass is 16.7. The van der Waals surface area contributed by atoms with Gasteiger partial charge in [0.05, 0.1) is 18.9 Å². The summed E-state index contributed by atoms with van der Waals surface area (Å²) in [4.78, 5) is 21.8. The maximum atomic E-state index is 12.3. The van der Waals surface area contributed by atoms with E-state index in [9.17, 15) is 4.79 Å². The average molecular weight is 235 g/mol. The van der Waals surface area contributed by atoms with Crippen molar-refractivity contribution in [3.05, 3.63) is 18.2 Å². The molecule has 0 bridgehead atoms. The molecular weight excluding hydrogens is 218 g/mol. The molecule has 17 heavy (non-hydrogen) atoms. The number of hydrogen-bond acceptors (Lipinski definition) is 3. The van der Waals surface area contributed by atoms with Crippen LogP contribution in [0.5, 0.6) is 0 Å². The molecule has 0 radical (unpaired) electrons. The first kappa shape index (κ1) is 10.8. The van der Waals surface area contributed by atoms with Crippen molar-refractivity contribution in [2.24, 2.45) is 5.92 Å². The van der Waals surface area contributed by atoms with Gasteiger partial charge in [-0.25, -0.2) is 10.0 Å². The molecular formula is C12H17N3O2. The molecule has 1 fully saturated rings. The van der Waals surface area contributed by atoms with Crippen molar-refractivity contribution < 1.29 is 9.63 Å². The van der Waals surface area contributed by atoms with Gasteiger partial charge >= 0.3 is 0 Å². The maximum Gasteiger partial charge on any atom is 0.251 e. The Balaban J connectivity index is 1.67. The van der Waals surface area contributed by atoms with Gasteiger partial charge in [-0.3, -0.25) is 9.63 Å². The Kier molecular flexibility index (Phi) is 2.84. The van der Waals surface area contributed by atoms with Crippen LogP contribution in [0.4, 0.5) is 0 Å². The van der Waals surface area contributed by atoms with Gasteiger partial charge in [0.1, 0.15) is 0 Å². The van der Waals surface area contributed by atoms with Crippen LogP contribution in [-0.4, -0.2) is 33.7 Å². The lowest BCUT2D eigenvalue weighted by Gasteiger charge is -2.31. The summed E-state index contributed by atoms with van der Waals surface area (Å²) >= 11 is 0. The van der Waals surface area contributed by atoms with E-state index in [-0.39, 0.29) is 11.8 Å². The number of carbonyl (C=O) groups is 1. The van der Waals surface area contributed by atoms with Crippen LogP contribution in [0.3, 0.4) is 0 Å². The first-order valence-electron chi connectivity index (χ1n) is 6.28. The van der Waals surface area contributed by atoms with Crippen molar-refractivity contribution in [1.29, 1.82) is 0 Å². The second kappa shape index (κ2) is 4.49. The Bertz CT molecular complexity index is 410. The van der Waals surface area contributed by atoms with Crippen LogP contribution in [0.2, 0.25) is 0 Å². The fourth-order valence-electron chi connectivity index (χ4n) is 2.55. The molecule has 1 atom stereocenters. The number of imidazole rings is 1. The van der Waals surface area contributed by atoms with E-state index < -0.39 is 0 Å². The van der Waals surface area contributed by atoms with Crippen molar-refractivity contribution >= 4 is 5.91 Å². The summed E-state index contributed by atoms with van der Waals surface area (Å²) in [6.07, 6.45) is 7.65. The fraction of sp³-hybridized carbons (Fsp3) is 0.667. The second-order valence-corrected chi connectivity index (χ2v) is 4.75. The van der Waals surface area contributed by atoms with Gasteiger partial charge < -0.3 is 4.57 Å². The molecule has 0 spiro atoms. The van der Waals surface area contributed by atoms with Crippen molar-refractivity contribution in [3.63, 3.8) is 0 Å². The predicted octanol–water partition coefficient (Wildman–Crippen LogP) is 1.000. The second-order valence-electron chi connectivity index (χ2n) is 4.75. The molecule has 0 saturated carbocycles. The highest BCUT2D eigenvalue weighted by Crippen LogP contribution is 2.22. The normalized spacial score (nSPS) is 24.5. The average Bonchev–Trinajstić information content (AvgIpc) is 2.86. The van der Waals surface area contributed by atoms with E-state index >= 15 is 0 Å². The van der Waals surface area contributed by atoms with E-state index in [1.54, 1.807) is 5.06 Å². The van der Waals surface area contributed by atoms with Gasteiger partial charge in [-0.2, -0.15) is 0 Å². The third-order valence-electron chi connectivity index (χ3n) is 3.56. The van der Waals surface area contributed by atoms with Crippen LogP contribution in [0.15, 0.2) is 12.5 Å². The van der Waals surface area contributed by atoms with Crippen molar-refractivity contribution in [3.8, 4) is 0 Å². The zero-order valence-corrected chi connectivity index (χ0v) is 9.84. The molecule has 1 amide bonds. The minimum atomic E-state index is 0.0507. The molecule has 3 rings (SSSR count). The largest absolute Gasteiger partial charge is 0.334 e. The van der Waals surface area contributed by atoms with Crippen LogP contribution in [0, 0.1) is 5.92 Å². The molecule has 92 valence electrons. The van der Waals surface area contributed by atoms with Crippen LogP contribution in [0.25, 0.3) is 0 Å². The van der Waals surface area contributed by atoms with E-state index in [4.69, 9.17) is 4.84 Å². The molecule has 5 heteroatoms. The lowest BCUT2D eigenvalue weighted by molar-refractivity contribution is -0.202. The molecule has 0 N–H and O–H groups in total. The number of fused-ring (bicyclic) bond motifs is 1. The van der Waals surface area contributed by atoms with Crippen LogP contribution >= 0.6 is 0 Å². The smallest absolute Gasteiger partial charge is 0.251 e. The monoisotopic (exact) mass is 235 g/mol. The Morgan fingerprint density at radius 1 is 1.47 bits per heavy atom. The molecule has 0 aliphatic carbocycles. The third-order valence-corrected chi connectivity index (χ3v) is 3.56. The van der Waals surface area contributed by atoms with Crippen molar-refractivity contribution in [2.45, 2.75) is 32.2 Å². The number of amides is 1. The maximum absolute atomic E-state index is 12.3. The Morgan fingerprint density at radius 2 is 2.41 bits per heavy atom. The Morgan fingerprint density at radius 3 is 3.24 bits per heavy atom. The van der Waals surface area contributed by atoms with E-state index in [1.807, 2.05) is 12.5 Å². The number of hydroxylamine groups is 2. The molecule has 2 aliphatic heterocycles. The summed E-state index contributed by atoms with van der Waals surface area (Å²) in [5.41, 5.74) is 1.23. The summed E-state index contributed by atoms with van der Waals surface area (Å²) < 4.78 is 2.08. The lowest BCUT2D eigenvalue weighted by atomic mass is 9.97. The Labute approximate surface area is 100 Å². The fourth-order valence-corrected chi connectivity index (χ4v) is 2.55. The summed E-state index contributed by atoms with van der Waals surface area (Å²) in [5, 5.41) is 1.57. The summed E-state index contributed by atoms with van der Waals surface area (Å²) in [7, 11) is 0. The molecule has 3 heterocycles. The predicted molar refractivity (Wildman–Crippen MR) is 60.9 cm³/mol. The number of nitrogens with zero attached hydrogens (tertiary/aromatic N) is 3. The summed E-state index contributed by atoms with van der Waals surface area (Å²) in [6, 6.07) is 0. The SMILES string of the molecule is O=C(C1CCc2cncn2C1)N1CCCCO1. The van der Waals surface area contributed by atoms with Crippen LogP contribution < -0.4 is 0 Å². The first-order valence-corrected chi connectivity index (χ1v) is 6.28. The van der Waals surface area contributed by atoms with Crippen molar-refractivity contribution in [2.75, 3.05) is 13.2 Å². The van der Waals surface area contributed by atoms with Gasteiger partial charge in [-0.15, -0.1) is 0 Å². The Hall–Kier alpha value is -1.36. The molecule has 1 saturated heterocycles. The number of aromatic nitrogens is 2. The highest BCUT2D eigenvalue weighted by Gasteiger charge is 2.29. The minimum absolute atomic E-state index is 0.0507. The van der Waals surface area contributed by atoms with E-state index in [1.165, 1.54) is 5.69 Å². The third kappa shape index (κ3) is 2.07. The molecule has 2 aliphatic rings. The minimum Gasteiger partial charge on any atom is -0.334 e. The number of carbonyl (C=O) groups excluding carboxylic acids is 1. The zero-order chi connectivity index (χ0) is 11.7. The highest BCUT2D eigenvalue weighted by molar-refractivity contribution is 5.78. The number of aryl methyl sites for hydroxylation is 1. The molecule has 5 nitrogen and oxygen atoms in total. The van der Waals surface area contributed by atoms with Gasteiger partial charge in [0, 0.05) is 25.0 Å². The number of rotatable bonds is 1. The quantitative estimate of drug-likeness (QED) is 0.729. The van der Waals surface area contributed by atoms with Gasteiger partial charge in [-0.1, -0.05) is 0 Å². The molecule has 1 unspecified atom stereocenters. The standard InChI is InChI=1S/C12H17N3O2/c16-12(15-5-1-2-6-17-15)10-3-4-11-7-13-9-14(11)8-10/h7,9-10H,1-6,8H2. The molecule has 0 aromatic carbocycles. The summed E-state index contributed by atoms with van der Waals surface area (Å²) in [5.74, 6) is 0.193. The van der Waals surface area contributed by atoms with E-state index in [2.05, 4.69) is 9.55 Å². The van der Waals surface area contributed by atoms with Crippen LogP contribution in [-0.2, 0) is 22.6 Å². The molecule has 1 aromatic heterocycles.